The average molecular weight is 266 g/mol. The normalized spacial score (nSPS) is 15.4. The van der Waals surface area contributed by atoms with Gasteiger partial charge in [0.15, 0.2) is 0 Å². The molecule has 18 heavy (non-hydrogen) atoms. The molecule has 0 radical (unpaired) electrons. The molecular weight excluding hydrogens is 259 g/mol. The Labute approximate surface area is 98.4 Å². The number of benzene rings is 1. The van der Waals surface area contributed by atoms with Crippen molar-refractivity contribution in [2.75, 3.05) is 0 Å². The van der Waals surface area contributed by atoms with Crippen molar-refractivity contribution in [1.29, 1.82) is 0 Å². The summed E-state index contributed by atoms with van der Waals surface area (Å²) in [6.45, 7) is 0. The first-order chi connectivity index (χ1) is 8.43. The first-order valence-electron chi connectivity index (χ1n) is 5.16. The van der Waals surface area contributed by atoms with E-state index in [0.717, 1.165) is 6.42 Å². The maximum absolute atomic E-state index is 13.2. The smallest absolute Gasteiger partial charge is 0.314 e. The molecule has 1 saturated carbocycles. The van der Waals surface area contributed by atoms with Crippen LogP contribution in [0.3, 0.4) is 0 Å². The minimum Gasteiger partial charge on any atom is -0.420 e. The molecule has 2 nitrogen and oxygen atoms in total. The van der Waals surface area contributed by atoms with Crippen LogP contribution in [0.15, 0.2) is 0 Å². The van der Waals surface area contributed by atoms with Gasteiger partial charge in [-0.2, -0.15) is 8.78 Å². The van der Waals surface area contributed by atoms with E-state index in [1.807, 2.05) is 0 Å². The van der Waals surface area contributed by atoms with Gasteiger partial charge in [-0.3, -0.25) is 4.79 Å². The molecule has 1 aromatic carbocycles. The summed E-state index contributed by atoms with van der Waals surface area (Å²) in [5, 5.41) is 0. The van der Waals surface area contributed by atoms with E-state index in [9.17, 15) is 26.7 Å². The molecule has 1 aromatic rings. The summed E-state index contributed by atoms with van der Waals surface area (Å²) in [4.78, 5) is 11.3. The lowest BCUT2D eigenvalue weighted by Gasteiger charge is -2.23. The van der Waals surface area contributed by atoms with Crippen molar-refractivity contribution >= 4 is 5.97 Å². The van der Waals surface area contributed by atoms with Gasteiger partial charge in [-0.05, 0) is 12.8 Å². The zero-order valence-electron chi connectivity index (χ0n) is 8.90. The highest BCUT2D eigenvalue weighted by atomic mass is 19.2. The monoisotopic (exact) mass is 266 g/mol. The lowest BCUT2D eigenvalue weighted by molar-refractivity contribution is -0.142. The Bertz CT molecular complexity index is 482. The standard InChI is InChI=1S/C11H7F5O2/c12-5-6(13)8(15)10(9(16)7(5)14)18-11(17)4-2-1-3-4/h4H,1-3H2. The fourth-order valence-electron chi connectivity index (χ4n) is 1.50. The van der Waals surface area contributed by atoms with E-state index in [2.05, 4.69) is 4.74 Å². The van der Waals surface area contributed by atoms with Crippen LogP contribution in [-0.2, 0) is 4.79 Å². The molecule has 0 spiro atoms. The molecule has 7 heteroatoms. The van der Waals surface area contributed by atoms with Gasteiger partial charge in [0, 0.05) is 0 Å². The van der Waals surface area contributed by atoms with Gasteiger partial charge in [0.2, 0.25) is 34.8 Å². The zero-order valence-corrected chi connectivity index (χ0v) is 8.90. The lowest BCUT2D eigenvalue weighted by atomic mass is 9.86. The minimum absolute atomic E-state index is 0.480. The molecule has 0 unspecified atom stereocenters. The van der Waals surface area contributed by atoms with Crippen LogP contribution in [0.5, 0.6) is 5.75 Å². The van der Waals surface area contributed by atoms with Crippen molar-refractivity contribution in [2.45, 2.75) is 19.3 Å². The molecule has 0 bridgehead atoms. The van der Waals surface area contributed by atoms with Crippen molar-refractivity contribution in [1.82, 2.24) is 0 Å². The van der Waals surface area contributed by atoms with Crippen molar-refractivity contribution in [3.8, 4) is 5.75 Å². The maximum atomic E-state index is 13.2. The lowest BCUT2D eigenvalue weighted by Crippen LogP contribution is -2.27. The Kier molecular flexibility index (Phi) is 3.23. The zero-order chi connectivity index (χ0) is 13.4. The predicted octanol–water partition coefficient (Wildman–Crippen LogP) is 3.09. The molecule has 1 aliphatic rings. The molecule has 0 amide bonds. The van der Waals surface area contributed by atoms with Gasteiger partial charge in [-0.25, -0.2) is 13.2 Å². The fraction of sp³-hybridized carbons (Fsp3) is 0.364. The summed E-state index contributed by atoms with van der Waals surface area (Å²) >= 11 is 0. The number of halogens is 5. The molecule has 0 saturated heterocycles. The highest BCUT2D eigenvalue weighted by Crippen LogP contribution is 2.32. The molecule has 0 N–H and O–H groups in total. The van der Waals surface area contributed by atoms with Crippen LogP contribution in [0.2, 0.25) is 0 Å². The quantitative estimate of drug-likeness (QED) is 0.270. The van der Waals surface area contributed by atoms with Crippen LogP contribution < -0.4 is 4.74 Å². The first-order valence-corrected chi connectivity index (χ1v) is 5.16. The number of ether oxygens (including phenoxy) is 1. The number of carbonyl (C=O) groups excluding carboxylic acids is 1. The van der Waals surface area contributed by atoms with Crippen molar-refractivity contribution in [2.24, 2.45) is 5.92 Å². The summed E-state index contributed by atoms with van der Waals surface area (Å²) in [6, 6.07) is 0. The average Bonchev–Trinajstić information content (AvgIpc) is 2.27. The maximum Gasteiger partial charge on any atom is 0.314 e. The van der Waals surface area contributed by atoms with Crippen LogP contribution in [0.4, 0.5) is 22.0 Å². The van der Waals surface area contributed by atoms with E-state index in [4.69, 9.17) is 0 Å². The molecule has 1 fully saturated rings. The predicted molar refractivity (Wildman–Crippen MR) is 49.2 cm³/mol. The summed E-state index contributed by atoms with van der Waals surface area (Å²) in [6.07, 6.45) is 1.72. The Morgan fingerprint density at radius 2 is 1.33 bits per heavy atom. The Hall–Kier alpha value is -1.66. The molecule has 98 valence electrons. The van der Waals surface area contributed by atoms with Crippen LogP contribution in [0.25, 0.3) is 0 Å². The second-order valence-corrected chi connectivity index (χ2v) is 3.95. The number of esters is 1. The third kappa shape index (κ3) is 1.93. The Morgan fingerprint density at radius 3 is 1.72 bits per heavy atom. The minimum atomic E-state index is -2.28. The van der Waals surface area contributed by atoms with Gasteiger partial charge in [-0.15, -0.1) is 0 Å². The Morgan fingerprint density at radius 1 is 0.889 bits per heavy atom. The van der Waals surface area contributed by atoms with Crippen LogP contribution in [0.1, 0.15) is 19.3 Å². The van der Waals surface area contributed by atoms with E-state index in [0.29, 0.717) is 12.8 Å². The SMILES string of the molecule is O=C(Oc1c(F)c(F)c(F)c(F)c1F)C1CCC1. The van der Waals surface area contributed by atoms with Gasteiger partial charge < -0.3 is 4.74 Å². The topological polar surface area (TPSA) is 26.3 Å². The van der Waals surface area contributed by atoms with E-state index in [1.165, 1.54) is 0 Å². The molecule has 0 heterocycles. The number of hydrogen-bond acceptors (Lipinski definition) is 2. The van der Waals surface area contributed by atoms with E-state index in [-0.39, 0.29) is 0 Å². The van der Waals surface area contributed by atoms with Gasteiger partial charge >= 0.3 is 5.97 Å². The van der Waals surface area contributed by atoms with Crippen molar-refractivity contribution in [3.05, 3.63) is 29.1 Å². The largest absolute Gasteiger partial charge is 0.420 e. The second-order valence-electron chi connectivity index (χ2n) is 3.95. The third-order valence-corrected chi connectivity index (χ3v) is 2.81. The number of rotatable bonds is 2. The van der Waals surface area contributed by atoms with Gasteiger partial charge in [-0.1, -0.05) is 6.42 Å². The van der Waals surface area contributed by atoms with Gasteiger partial charge in [0.1, 0.15) is 0 Å². The van der Waals surface area contributed by atoms with Gasteiger partial charge in [0.25, 0.3) is 0 Å². The molecular formula is C11H7F5O2. The molecule has 0 aromatic heterocycles. The van der Waals surface area contributed by atoms with Crippen LogP contribution in [0, 0.1) is 35.0 Å². The highest BCUT2D eigenvalue weighted by molar-refractivity contribution is 5.76. The third-order valence-electron chi connectivity index (χ3n) is 2.81. The van der Waals surface area contributed by atoms with Crippen LogP contribution >= 0.6 is 0 Å². The summed E-state index contributed by atoms with van der Waals surface area (Å²) in [5.74, 6) is -13.9. The molecule has 1 aliphatic carbocycles. The van der Waals surface area contributed by atoms with Gasteiger partial charge in [0.05, 0.1) is 5.92 Å². The summed E-state index contributed by atoms with van der Waals surface area (Å²) < 4.78 is 68.9. The fourth-order valence-corrected chi connectivity index (χ4v) is 1.50. The number of carbonyl (C=O) groups is 1. The van der Waals surface area contributed by atoms with Crippen molar-refractivity contribution < 1.29 is 31.5 Å². The molecule has 0 atom stereocenters. The highest BCUT2D eigenvalue weighted by Gasteiger charge is 2.32. The van der Waals surface area contributed by atoms with E-state index < -0.39 is 46.7 Å². The Balaban J connectivity index is 2.35. The summed E-state index contributed by atoms with van der Waals surface area (Å²) in [5.41, 5.74) is 0. The van der Waals surface area contributed by atoms with E-state index >= 15 is 0 Å². The second kappa shape index (κ2) is 4.55. The van der Waals surface area contributed by atoms with Crippen molar-refractivity contribution in [3.63, 3.8) is 0 Å². The molecule has 0 aliphatic heterocycles. The summed E-state index contributed by atoms with van der Waals surface area (Å²) in [7, 11) is 0. The first kappa shape index (κ1) is 12.8. The number of hydrogen-bond donors (Lipinski definition) is 0. The van der Waals surface area contributed by atoms with Crippen LogP contribution in [-0.4, -0.2) is 5.97 Å². The molecule has 2 rings (SSSR count). The van der Waals surface area contributed by atoms with E-state index in [1.54, 1.807) is 0 Å².